The van der Waals surface area contributed by atoms with E-state index >= 15 is 0 Å². The fraction of sp³-hybridized carbons (Fsp3) is 0.0769. The number of halogens is 4. The van der Waals surface area contributed by atoms with E-state index in [-0.39, 0.29) is 5.69 Å². The highest BCUT2D eigenvalue weighted by Gasteiger charge is 2.15. The zero-order chi connectivity index (χ0) is 16.3. The highest BCUT2D eigenvalue weighted by atomic mass is 79.9. The first-order chi connectivity index (χ1) is 10.4. The van der Waals surface area contributed by atoms with Crippen molar-refractivity contribution in [2.45, 2.75) is 0 Å². The highest BCUT2D eigenvalue weighted by Crippen LogP contribution is 2.32. The van der Waals surface area contributed by atoms with Gasteiger partial charge in [0.25, 0.3) is 5.91 Å². The fourth-order valence-corrected chi connectivity index (χ4v) is 3.36. The first-order valence-corrected chi connectivity index (χ1v) is 8.14. The highest BCUT2D eigenvalue weighted by molar-refractivity contribution is 9.13. The Bertz CT molecular complexity index is 717. The SMILES string of the molecule is O=C(COC(=O)c1cc(Br)c(Br)s1)Nc1cc(F)ccc1F. The number of rotatable bonds is 4. The van der Waals surface area contributed by atoms with Gasteiger partial charge in [0.2, 0.25) is 0 Å². The number of esters is 1. The number of hydrogen-bond acceptors (Lipinski definition) is 4. The van der Waals surface area contributed by atoms with Crippen LogP contribution in [0.5, 0.6) is 0 Å². The first kappa shape index (κ1) is 17.0. The lowest BCUT2D eigenvalue weighted by Gasteiger charge is -2.07. The first-order valence-electron chi connectivity index (χ1n) is 5.73. The summed E-state index contributed by atoms with van der Waals surface area (Å²) in [6.45, 7) is -0.609. The molecule has 0 saturated heterocycles. The van der Waals surface area contributed by atoms with Crippen LogP contribution in [0.25, 0.3) is 0 Å². The number of nitrogens with one attached hydrogen (secondary N) is 1. The smallest absolute Gasteiger partial charge is 0.348 e. The third-order valence-electron chi connectivity index (χ3n) is 2.38. The molecule has 0 saturated carbocycles. The molecule has 116 valence electrons. The minimum atomic E-state index is -0.785. The molecule has 1 aromatic heterocycles. The molecule has 0 fully saturated rings. The van der Waals surface area contributed by atoms with Gasteiger partial charge in [-0.1, -0.05) is 0 Å². The molecule has 0 unspecified atom stereocenters. The Morgan fingerprint density at radius 2 is 1.95 bits per heavy atom. The van der Waals surface area contributed by atoms with Gasteiger partial charge in [-0.25, -0.2) is 13.6 Å². The van der Waals surface area contributed by atoms with E-state index in [4.69, 9.17) is 4.74 Å². The lowest BCUT2D eigenvalue weighted by molar-refractivity contribution is -0.119. The molecule has 9 heteroatoms. The van der Waals surface area contributed by atoms with Gasteiger partial charge < -0.3 is 10.1 Å². The normalized spacial score (nSPS) is 10.4. The van der Waals surface area contributed by atoms with E-state index in [0.29, 0.717) is 13.1 Å². The van der Waals surface area contributed by atoms with Crippen LogP contribution in [0.2, 0.25) is 0 Å². The number of ether oxygens (including phenoxy) is 1. The lowest BCUT2D eigenvalue weighted by atomic mass is 10.3. The maximum Gasteiger partial charge on any atom is 0.348 e. The van der Waals surface area contributed by atoms with Crippen LogP contribution in [0.3, 0.4) is 0 Å². The van der Waals surface area contributed by atoms with Crippen LogP contribution in [-0.2, 0) is 9.53 Å². The molecule has 0 radical (unpaired) electrons. The molecule has 2 rings (SSSR count). The summed E-state index contributed by atoms with van der Waals surface area (Å²) >= 11 is 7.59. The Morgan fingerprint density at radius 3 is 2.59 bits per heavy atom. The molecule has 0 spiro atoms. The van der Waals surface area contributed by atoms with Gasteiger partial charge in [-0.15, -0.1) is 11.3 Å². The van der Waals surface area contributed by atoms with E-state index in [9.17, 15) is 18.4 Å². The molecule has 0 bridgehead atoms. The van der Waals surface area contributed by atoms with Gasteiger partial charge in [-0.3, -0.25) is 4.79 Å². The molecular weight excluding hydrogens is 448 g/mol. The third-order valence-corrected chi connectivity index (χ3v) is 5.62. The second kappa shape index (κ2) is 7.30. The molecule has 1 aromatic carbocycles. The number of anilines is 1. The molecule has 0 aliphatic heterocycles. The summed E-state index contributed by atoms with van der Waals surface area (Å²) in [6.07, 6.45) is 0. The molecular formula is C13H7Br2F2NO3S. The minimum Gasteiger partial charge on any atom is -0.451 e. The van der Waals surface area contributed by atoms with Crippen molar-refractivity contribution >= 4 is 60.8 Å². The average Bonchev–Trinajstić information content (AvgIpc) is 2.80. The molecule has 2 aromatic rings. The van der Waals surface area contributed by atoms with Gasteiger partial charge in [0.1, 0.15) is 16.5 Å². The van der Waals surface area contributed by atoms with Crippen LogP contribution in [0.4, 0.5) is 14.5 Å². The number of amides is 1. The molecule has 22 heavy (non-hydrogen) atoms. The lowest BCUT2D eigenvalue weighted by Crippen LogP contribution is -2.21. The molecule has 1 heterocycles. The molecule has 4 nitrogen and oxygen atoms in total. The second-order valence-corrected chi connectivity index (χ2v) is 7.21. The van der Waals surface area contributed by atoms with Crippen LogP contribution in [0.1, 0.15) is 9.67 Å². The van der Waals surface area contributed by atoms with E-state index in [1.54, 1.807) is 6.07 Å². The Labute approximate surface area is 144 Å². The summed E-state index contributed by atoms with van der Waals surface area (Å²) in [7, 11) is 0. The van der Waals surface area contributed by atoms with E-state index in [0.717, 1.165) is 29.5 Å². The van der Waals surface area contributed by atoms with Gasteiger partial charge in [0.15, 0.2) is 6.61 Å². The number of benzene rings is 1. The van der Waals surface area contributed by atoms with Crippen LogP contribution in [0, 0.1) is 11.6 Å². The standard InChI is InChI=1S/C13H7Br2F2NO3S/c14-7-4-10(22-12(7)15)13(20)21-5-11(19)18-9-3-6(16)1-2-8(9)17/h1-4H,5H2,(H,18,19). The van der Waals surface area contributed by atoms with Gasteiger partial charge in [0.05, 0.1) is 9.47 Å². The van der Waals surface area contributed by atoms with Gasteiger partial charge >= 0.3 is 5.97 Å². The van der Waals surface area contributed by atoms with E-state index < -0.39 is 30.1 Å². The molecule has 0 aliphatic rings. The largest absolute Gasteiger partial charge is 0.451 e. The van der Waals surface area contributed by atoms with Gasteiger partial charge in [-0.2, -0.15) is 0 Å². The quantitative estimate of drug-likeness (QED) is 0.699. The van der Waals surface area contributed by atoms with Crippen LogP contribution in [-0.4, -0.2) is 18.5 Å². The summed E-state index contributed by atoms with van der Waals surface area (Å²) in [6, 6.07) is 4.19. The summed E-state index contributed by atoms with van der Waals surface area (Å²) in [5.74, 6) is -2.94. The van der Waals surface area contributed by atoms with E-state index in [2.05, 4.69) is 37.2 Å². The van der Waals surface area contributed by atoms with Crippen LogP contribution >= 0.6 is 43.2 Å². The van der Waals surface area contributed by atoms with Crippen molar-refractivity contribution in [3.8, 4) is 0 Å². The summed E-state index contributed by atoms with van der Waals surface area (Å²) in [5.41, 5.74) is -0.317. The second-order valence-electron chi connectivity index (χ2n) is 3.98. The van der Waals surface area contributed by atoms with Gasteiger partial charge in [0, 0.05) is 10.5 Å². The number of carbonyl (C=O) groups excluding carboxylic acids is 2. The van der Waals surface area contributed by atoms with Crippen molar-refractivity contribution in [2.75, 3.05) is 11.9 Å². The van der Waals surface area contributed by atoms with Crippen molar-refractivity contribution < 1.29 is 23.1 Å². The summed E-state index contributed by atoms with van der Waals surface area (Å²) in [5, 5.41) is 2.13. The molecule has 1 N–H and O–H groups in total. The van der Waals surface area contributed by atoms with Crippen molar-refractivity contribution in [3.05, 3.63) is 49.0 Å². The van der Waals surface area contributed by atoms with E-state index in [1.165, 1.54) is 0 Å². The van der Waals surface area contributed by atoms with Gasteiger partial charge in [-0.05, 0) is 50.1 Å². The fourth-order valence-electron chi connectivity index (χ4n) is 1.43. The minimum absolute atomic E-state index is 0.295. The maximum absolute atomic E-state index is 13.3. The van der Waals surface area contributed by atoms with Crippen LogP contribution < -0.4 is 5.32 Å². The summed E-state index contributed by atoms with van der Waals surface area (Å²) in [4.78, 5) is 23.6. The predicted molar refractivity (Wildman–Crippen MR) is 85.0 cm³/mol. The monoisotopic (exact) mass is 453 g/mol. The Morgan fingerprint density at radius 1 is 1.23 bits per heavy atom. The zero-order valence-corrected chi connectivity index (χ0v) is 14.6. The molecule has 0 atom stereocenters. The Hall–Kier alpha value is -1.32. The van der Waals surface area contributed by atoms with Crippen molar-refractivity contribution in [2.24, 2.45) is 0 Å². The average molecular weight is 455 g/mol. The van der Waals surface area contributed by atoms with Crippen LogP contribution in [0.15, 0.2) is 32.5 Å². The number of hydrogen-bond donors (Lipinski definition) is 1. The van der Waals surface area contributed by atoms with E-state index in [1.807, 2.05) is 0 Å². The number of carbonyl (C=O) groups is 2. The topological polar surface area (TPSA) is 55.4 Å². The predicted octanol–water partition coefficient (Wildman–Crippen LogP) is 4.35. The Kier molecular flexibility index (Phi) is 5.65. The third kappa shape index (κ3) is 4.34. The number of thiophene rings is 1. The molecule has 1 amide bonds. The van der Waals surface area contributed by atoms with Crippen molar-refractivity contribution in [3.63, 3.8) is 0 Å². The van der Waals surface area contributed by atoms with Crippen molar-refractivity contribution in [1.82, 2.24) is 0 Å². The molecule has 0 aliphatic carbocycles. The van der Waals surface area contributed by atoms with Crippen molar-refractivity contribution in [1.29, 1.82) is 0 Å². The maximum atomic E-state index is 13.3. The summed E-state index contributed by atoms with van der Waals surface area (Å²) < 4.78 is 32.5. The Balaban J connectivity index is 1.92. The zero-order valence-electron chi connectivity index (χ0n) is 10.7.